The lowest BCUT2D eigenvalue weighted by Crippen LogP contribution is -2.18. The van der Waals surface area contributed by atoms with E-state index in [-0.39, 0.29) is 5.75 Å². The molecule has 0 radical (unpaired) electrons. The third-order valence-electron chi connectivity index (χ3n) is 3.09. The lowest BCUT2D eigenvalue weighted by atomic mass is 10.1. The zero-order valence-corrected chi connectivity index (χ0v) is 11.8. The van der Waals surface area contributed by atoms with E-state index in [1.54, 1.807) is 12.1 Å². The minimum atomic E-state index is -4.70. The van der Waals surface area contributed by atoms with Gasteiger partial charge in [-0.05, 0) is 37.1 Å². The molecule has 0 amide bonds. The summed E-state index contributed by atoms with van der Waals surface area (Å²) in [5, 5.41) is 3.00. The van der Waals surface area contributed by atoms with E-state index in [1.807, 2.05) is 32.0 Å². The molecule has 2 nitrogen and oxygen atoms in total. The van der Waals surface area contributed by atoms with Gasteiger partial charge in [0.1, 0.15) is 0 Å². The fourth-order valence-corrected chi connectivity index (χ4v) is 2.01. The van der Waals surface area contributed by atoms with E-state index in [2.05, 4.69) is 10.1 Å². The van der Waals surface area contributed by atoms with Gasteiger partial charge in [-0.3, -0.25) is 0 Å². The minimum absolute atomic E-state index is 0.227. The van der Waals surface area contributed by atoms with Gasteiger partial charge in [0, 0.05) is 6.54 Å². The first-order valence-electron chi connectivity index (χ1n) is 6.50. The number of rotatable bonds is 4. The van der Waals surface area contributed by atoms with E-state index in [4.69, 9.17) is 0 Å². The van der Waals surface area contributed by atoms with E-state index in [0.29, 0.717) is 12.2 Å². The van der Waals surface area contributed by atoms with Crippen LogP contribution in [0.4, 0.5) is 18.9 Å². The van der Waals surface area contributed by atoms with Gasteiger partial charge in [-0.1, -0.05) is 35.9 Å². The first-order valence-corrected chi connectivity index (χ1v) is 6.50. The molecule has 2 rings (SSSR count). The molecule has 112 valence electrons. The van der Waals surface area contributed by atoms with Crippen molar-refractivity contribution in [3.05, 3.63) is 59.2 Å². The highest BCUT2D eigenvalue weighted by Crippen LogP contribution is 2.30. The largest absolute Gasteiger partial charge is 0.573 e. The molecule has 2 aromatic carbocycles. The predicted molar refractivity (Wildman–Crippen MR) is 76.4 cm³/mol. The Hall–Kier alpha value is -2.17. The monoisotopic (exact) mass is 295 g/mol. The van der Waals surface area contributed by atoms with Crippen LogP contribution in [0.3, 0.4) is 0 Å². The Bertz CT molecular complexity index is 623. The Balaban J connectivity index is 2.15. The number of nitrogens with one attached hydrogen (secondary N) is 1. The van der Waals surface area contributed by atoms with Gasteiger partial charge in [0.2, 0.25) is 0 Å². The van der Waals surface area contributed by atoms with Crippen LogP contribution in [0.5, 0.6) is 5.75 Å². The molecule has 0 fully saturated rings. The molecular weight excluding hydrogens is 279 g/mol. The smallest absolute Gasteiger partial charge is 0.404 e. The number of hydrogen-bond acceptors (Lipinski definition) is 2. The van der Waals surface area contributed by atoms with Crippen molar-refractivity contribution in [2.75, 3.05) is 5.32 Å². The molecule has 0 aromatic heterocycles. The van der Waals surface area contributed by atoms with Gasteiger partial charge >= 0.3 is 6.36 Å². The van der Waals surface area contributed by atoms with Crippen molar-refractivity contribution < 1.29 is 17.9 Å². The number of halogens is 3. The normalized spacial score (nSPS) is 11.3. The summed E-state index contributed by atoms with van der Waals surface area (Å²) in [6, 6.07) is 12.0. The Morgan fingerprint density at radius 3 is 2.48 bits per heavy atom. The standard InChI is InChI=1S/C16H16F3NO/c1-11-7-8-12(2)13(9-11)10-20-14-5-3-4-6-15(14)21-16(17,18)19/h3-9,20H,10H2,1-2H3. The van der Waals surface area contributed by atoms with Crippen LogP contribution in [0.1, 0.15) is 16.7 Å². The molecule has 0 aliphatic rings. The Morgan fingerprint density at radius 1 is 1.05 bits per heavy atom. The fourth-order valence-electron chi connectivity index (χ4n) is 2.01. The number of para-hydroxylation sites is 2. The molecule has 0 aliphatic heterocycles. The van der Waals surface area contributed by atoms with Gasteiger partial charge in [-0.25, -0.2) is 0 Å². The van der Waals surface area contributed by atoms with Crippen LogP contribution in [0.2, 0.25) is 0 Å². The first-order chi connectivity index (χ1) is 9.85. The lowest BCUT2D eigenvalue weighted by molar-refractivity contribution is -0.274. The Labute approximate surface area is 121 Å². The molecule has 0 atom stereocenters. The molecule has 0 bridgehead atoms. The fraction of sp³-hybridized carbons (Fsp3) is 0.250. The first kappa shape index (κ1) is 15.2. The van der Waals surface area contributed by atoms with Crippen molar-refractivity contribution in [3.8, 4) is 5.75 Å². The molecule has 21 heavy (non-hydrogen) atoms. The summed E-state index contributed by atoms with van der Waals surface area (Å²) in [6.07, 6.45) is -4.70. The van der Waals surface area contributed by atoms with Crippen molar-refractivity contribution in [2.45, 2.75) is 26.8 Å². The van der Waals surface area contributed by atoms with Gasteiger partial charge in [0.25, 0.3) is 0 Å². The zero-order chi connectivity index (χ0) is 15.5. The molecular formula is C16H16F3NO. The lowest BCUT2D eigenvalue weighted by Gasteiger charge is -2.15. The summed E-state index contributed by atoms with van der Waals surface area (Å²) in [4.78, 5) is 0. The number of alkyl halides is 3. The van der Waals surface area contributed by atoms with Crippen molar-refractivity contribution in [2.24, 2.45) is 0 Å². The molecule has 0 saturated carbocycles. The Morgan fingerprint density at radius 2 is 1.76 bits per heavy atom. The predicted octanol–water partition coefficient (Wildman–Crippen LogP) is 4.81. The van der Waals surface area contributed by atoms with Gasteiger partial charge < -0.3 is 10.1 Å². The summed E-state index contributed by atoms with van der Waals surface area (Å²) < 4.78 is 41.1. The summed E-state index contributed by atoms with van der Waals surface area (Å²) in [5.41, 5.74) is 3.55. The number of anilines is 1. The number of hydrogen-bond donors (Lipinski definition) is 1. The third-order valence-corrected chi connectivity index (χ3v) is 3.09. The van der Waals surface area contributed by atoms with Crippen LogP contribution in [0, 0.1) is 13.8 Å². The quantitative estimate of drug-likeness (QED) is 0.873. The molecule has 0 aliphatic carbocycles. The summed E-state index contributed by atoms with van der Waals surface area (Å²) in [6.45, 7) is 4.38. The van der Waals surface area contributed by atoms with Crippen LogP contribution in [-0.4, -0.2) is 6.36 Å². The second kappa shape index (κ2) is 6.08. The molecule has 0 spiro atoms. The van der Waals surface area contributed by atoms with Crippen LogP contribution in [0.15, 0.2) is 42.5 Å². The van der Waals surface area contributed by atoms with Crippen LogP contribution < -0.4 is 10.1 Å². The van der Waals surface area contributed by atoms with Gasteiger partial charge in [0.05, 0.1) is 5.69 Å². The van der Waals surface area contributed by atoms with E-state index < -0.39 is 6.36 Å². The average molecular weight is 295 g/mol. The molecule has 1 N–H and O–H groups in total. The second-order valence-corrected chi connectivity index (χ2v) is 4.83. The molecule has 5 heteroatoms. The van der Waals surface area contributed by atoms with Crippen molar-refractivity contribution in [3.63, 3.8) is 0 Å². The van der Waals surface area contributed by atoms with E-state index in [1.165, 1.54) is 12.1 Å². The number of ether oxygens (including phenoxy) is 1. The highest BCUT2D eigenvalue weighted by Gasteiger charge is 2.32. The molecule has 0 unspecified atom stereocenters. The topological polar surface area (TPSA) is 21.3 Å². The maximum absolute atomic E-state index is 12.4. The molecule has 2 aromatic rings. The van der Waals surface area contributed by atoms with Gasteiger partial charge in [-0.15, -0.1) is 13.2 Å². The van der Waals surface area contributed by atoms with E-state index in [0.717, 1.165) is 16.7 Å². The SMILES string of the molecule is Cc1ccc(C)c(CNc2ccccc2OC(F)(F)F)c1. The van der Waals surface area contributed by atoms with E-state index >= 15 is 0 Å². The molecule has 0 heterocycles. The highest BCUT2D eigenvalue weighted by molar-refractivity contribution is 5.56. The van der Waals surface area contributed by atoms with E-state index in [9.17, 15) is 13.2 Å². The molecule has 0 saturated heterocycles. The zero-order valence-electron chi connectivity index (χ0n) is 11.8. The number of aryl methyl sites for hydroxylation is 2. The highest BCUT2D eigenvalue weighted by atomic mass is 19.4. The van der Waals surface area contributed by atoms with Crippen molar-refractivity contribution in [1.82, 2.24) is 0 Å². The third kappa shape index (κ3) is 4.41. The second-order valence-electron chi connectivity index (χ2n) is 4.83. The maximum atomic E-state index is 12.4. The average Bonchev–Trinajstić information content (AvgIpc) is 2.39. The van der Waals surface area contributed by atoms with Crippen LogP contribution >= 0.6 is 0 Å². The maximum Gasteiger partial charge on any atom is 0.573 e. The Kier molecular flexibility index (Phi) is 4.40. The van der Waals surface area contributed by atoms with Gasteiger partial charge in [0.15, 0.2) is 5.75 Å². The minimum Gasteiger partial charge on any atom is -0.404 e. The van der Waals surface area contributed by atoms with Gasteiger partial charge in [-0.2, -0.15) is 0 Å². The van der Waals surface area contributed by atoms with Crippen molar-refractivity contribution >= 4 is 5.69 Å². The number of benzene rings is 2. The summed E-state index contributed by atoms with van der Waals surface area (Å²) >= 11 is 0. The van der Waals surface area contributed by atoms with Crippen LogP contribution in [-0.2, 0) is 6.54 Å². The van der Waals surface area contributed by atoms with Crippen LogP contribution in [0.25, 0.3) is 0 Å². The summed E-state index contributed by atoms with van der Waals surface area (Å²) in [7, 11) is 0. The van der Waals surface area contributed by atoms with Crippen molar-refractivity contribution in [1.29, 1.82) is 0 Å². The summed E-state index contributed by atoms with van der Waals surface area (Å²) in [5.74, 6) is -0.227.